The van der Waals surface area contributed by atoms with Gasteiger partial charge >= 0.3 is 0 Å². The summed E-state index contributed by atoms with van der Waals surface area (Å²) >= 11 is 0. The van der Waals surface area contributed by atoms with E-state index in [0.717, 1.165) is 24.8 Å². The summed E-state index contributed by atoms with van der Waals surface area (Å²) in [6.45, 7) is 9.30. The molecule has 5 aliphatic carbocycles. The number of ether oxygens (including phenoxy) is 1. The molecule has 0 radical (unpaired) electrons. The van der Waals surface area contributed by atoms with E-state index in [2.05, 4.69) is 13.8 Å². The molecule has 6 aliphatic rings. The number of carbonyl (C=O) groups is 3. The average Bonchev–Trinajstić information content (AvgIpc) is 3.45. The number of allylic oxidation sites excluding steroid dienone is 1. The van der Waals surface area contributed by atoms with Crippen LogP contribution in [0.4, 0.5) is 0 Å². The first-order valence-corrected chi connectivity index (χ1v) is 14.3. The molecule has 9 atom stereocenters. The lowest BCUT2D eigenvalue weighted by Crippen LogP contribution is -2.78. The zero-order valence-corrected chi connectivity index (χ0v) is 23.1. The molecule has 0 unspecified atom stereocenters. The molecule has 1 aromatic rings. The summed E-state index contributed by atoms with van der Waals surface area (Å²) in [4.78, 5) is 39.9. The highest BCUT2D eigenvalue weighted by atomic mass is 16.5. The molecule has 6 heteroatoms. The van der Waals surface area contributed by atoms with Gasteiger partial charge in [0.25, 0.3) is 0 Å². The van der Waals surface area contributed by atoms with E-state index in [-0.39, 0.29) is 35.2 Å². The molecule has 4 fully saturated rings. The summed E-state index contributed by atoms with van der Waals surface area (Å²) in [6.07, 6.45) is 2.87. The van der Waals surface area contributed by atoms with Crippen LogP contribution in [0.5, 0.6) is 0 Å². The molecular weight excluding hydrogens is 480 g/mol. The lowest BCUT2D eigenvalue weighted by atomic mass is 9.39. The predicted octanol–water partition coefficient (Wildman–Crippen LogP) is 5.30. The third kappa shape index (κ3) is 2.99. The molecule has 3 saturated carbocycles. The number of aliphatic hydroxyl groups is 2. The Morgan fingerprint density at radius 3 is 2.47 bits per heavy atom. The standard InChI is InChI=1S/C32H40O6/c1-17(2)20(12-11-18(3)33)24-21-13-14-31(25(21)24)16-32-26(27(35)29(31,4)28(36)30(32,5)37)22(34)15-23(38-32)19-9-7-6-8-10-19/h6-10,17,20-21,23-25,35,37H,11-16H2,1-5H3/t20-,21-,23+,24-,25-,29+,30+,31+,32+/m1/s1. The monoisotopic (exact) mass is 520 g/mol. The van der Waals surface area contributed by atoms with Crippen LogP contribution >= 0.6 is 0 Å². The van der Waals surface area contributed by atoms with Gasteiger partial charge in [-0.2, -0.15) is 0 Å². The van der Waals surface area contributed by atoms with Crippen molar-refractivity contribution in [1.82, 2.24) is 0 Å². The van der Waals surface area contributed by atoms with Gasteiger partial charge in [0.05, 0.1) is 17.1 Å². The first kappa shape index (κ1) is 25.9. The highest BCUT2D eigenvalue weighted by Crippen LogP contribution is 2.82. The second-order valence-corrected chi connectivity index (χ2v) is 13.5. The minimum absolute atomic E-state index is 0.0632. The van der Waals surface area contributed by atoms with Crippen LogP contribution in [0.25, 0.3) is 0 Å². The molecule has 1 saturated heterocycles. The van der Waals surface area contributed by atoms with E-state index in [9.17, 15) is 24.6 Å². The van der Waals surface area contributed by atoms with E-state index in [1.165, 1.54) is 6.92 Å². The van der Waals surface area contributed by atoms with Crippen molar-refractivity contribution in [3.8, 4) is 0 Å². The van der Waals surface area contributed by atoms with E-state index < -0.39 is 33.9 Å². The molecule has 204 valence electrons. The van der Waals surface area contributed by atoms with E-state index >= 15 is 0 Å². The Morgan fingerprint density at radius 2 is 1.84 bits per heavy atom. The summed E-state index contributed by atoms with van der Waals surface area (Å²) in [5.41, 5.74) is -4.54. The Hall–Kier alpha value is -2.31. The van der Waals surface area contributed by atoms with Crippen molar-refractivity contribution < 1.29 is 29.3 Å². The number of aliphatic hydroxyl groups excluding tert-OH is 1. The fraction of sp³-hybridized carbons (Fsp3) is 0.656. The zero-order chi connectivity index (χ0) is 27.4. The van der Waals surface area contributed by atoms with Crippen LogP contribution in [0.2, 0.25) is 0 Å². The Morgan fingerprint density at radius 1 is 1.16 bits per heavy atom. The first-order chi connectivity index (χ1) is 17.8. The van der Waals surface area contributed by atoms with E-state index in [4.69, 9.17) is 4.74 Å². The van der Waals surface area contributed by atoms with E-state index in [0.29, 0.717) is 36.5 Å². The van der Waals surface area contributed by atoms with Crippen molar-refractivity contribution in [3.63, 3.8) is 0 Å². The predicted molar refractivity (Wildman–Crippen MR) is 141 cm³/mol. The minimum Gasteiger partial charge on any atom is -0.511 e. The lowest BCUT2D eigenvalue weighted by molar-refractivity contribution is -0.256. The Labute approximate surface area is 224 Å². The van der Waals surface area contributed by atoms with Crippen molar-refractivity contribution in [1.29, 1.82) is 0 Å². The smallest absolute Gasteiger partial charge is 0.181 e. The van der Waals surface area contributed by atoms with Crippen molar-refractivity contribution >= 4 is 17.3 Å². The third-order valence-corrected chi connectivity index (χ3v) is 11.5. The second-order valence-electron chi connectivity index (χ2n) is 13.5. The highest BCUT2D eigenvalue weighted by Gasteiger charge is 2.85. The number of hydrogen-bond acceptors (Lipinski definition) is 6. The first-order valence-electron chi connectivity index (χ1n) is 14.3. The van der Waals surface area contributed by atoms with Gasteiger partial charge in [0.2, 0.25) is 0 Å². The number of benzene rings is 1. The fourth-order valence-corrected chi connectivity index (χ4v) is 9.64. The molecule has 38 heavy (non-hydrogen) atoms. The van der Waals surface area contributed by atoms with Crippen LogP contribution in [0.15, 0.2) is 41.7 Å². The van der Waals surface area contributed by atoms with Crippen LogP contribution < -0.4 is 0 Å². The van der Waals surface area contributed by atoms with E-state index in [1.54, 1.807) is 13.8 Å². The molecule has 1 heterocycles. The third-order valence-electron chi connectivity index (χ3n) is 11.5. The van der Waals surface area contributed by atoms with Crippen molar-refractivity contribution in [3.05, 3.63) is 47.2 Å². The highest BCUT2D eigenvalue weighted by molar-refractivity contribution is 6.09. The van der Waals surface area contributed by atoms with E-state index in [1.807, 2.05) is 30.3 Å². The zero-order valence-electron chi connectivity index (χ0n) is 23.1. The molecule has 1 aromatic carbocycles. The Balaban J connectivity index is 1.47. The minimum atomic E-state index is -1.94. The van der Waals surface area contributed by atoms with Crippen molar-refractivity contribution in [2.24, 2.45) is 40.4 Å². The number of hydrogen-bond donors (Lipinski definition) is 2. The largest absolute Gasteiger partial charge is 0.511 e. The van der Waals surface area contributed by atoms with Gasteiger partial charge in [-0.25, -0.2) is 0 Å². The number of rotatable bonds is 6. The Bertz CT molecular complexity index is 1250. The summed E-state index contributed by atoms with van der Waals surface area (Å²) in [5.74, 6) is 1.03. The van der Waals surface area contributed by atoms with Crippen LogP contribution in [-0.2, 0) is 19.1 Å². The second kappa shape index (κ2) is 8.11. The van der Waals surface area contributed by atoms with Gasteiger partial charge in [0, 0.05) is 12.8 Å². The molecule has 7 rings (SSSR count). The van der Waals surface area contributed by atoms with Gasteiger partial charge < -0.3 is 19.7 Å². The number of ketones is 3. The molecule has 0 amide bonds. The molecule has 2 bridgehead atoms. The van der Waals surface area contributed by atoms with Gasteiger partial charge in [0.1, 0.15) is 17.1 Å². The Kier molecular flexibility index (Phi) is 5.53. The molecule has 2 N–H and O–H groups in total. The molecule has 6 nitrogen and oxygen atoms in total. The maximum Gasteiger partial charge on any atom is 0.181 e. The summed E-state index contributed by atoms with van der Waals surface area (Å²) in [7, 11) is 0. The maximum absolute atomic E-state index is 14.3. The quantitative estimate of drug-likeness (QED) is 0.528. The summed E-state index contributed by atoms with van der Waals surface area (Å²) < 4.78 is 6.74. The van der Waals surface area contributed by atoms with Crippen LogP contribution in [0.1, 0.15) is 84.8 Å². The van der Waals surface area contributed by atoms with Gasteiger partial charge in [0.15, 0.2) is 17.2 Å². The van der Waals surface area contributed by atoms with Gasteiger partial charge in [-0.05, 0) is 87.0 Å². The van der Waals surface area contributed by atoms with Crippen LogP contribution in [0.3, 0.4) is 0 Å². The lowest BCUT2D eigenvalue weighted by Gasteiger charge is -2.67. The van der Waals surface area contributed by atoms with Crippen molar-refractivity contribution in [2.75, 3.05) is 0 Å². The molecule has 0 aromatic heterocycles. The average molecular weight is 521 g/mol. The molecular formula is C32H40O6. The van der Waals surface area contributed by atoms with Gasteiger partial charge in [-0.15, -0.1) is 0 Å². The van der Waals surface area contributed by atoms with Crippen LogP contribution in [0, 0.1) is 40.4 Å². The summed E-state index contributed by atoms with van der Waals surface area (Å²) in [6, 6.07) is 9.47. The fourth-order valence-electron chi connectivity index (χ4n) is 9.64. The van der Waals surface area contributed by atoms with Gasteiger partial charge in [-0.1, -0.05) is 44.2 Å². The molecule has 1 aliphatic heterocycles. The topological polar surface area (TPSA) is 101 Å². The van der Waals surface area contributed by atoms with Gasteiger partial charge in [-0.3, -0.25) is 9.59 Å². The SMILES string of the molecule is CC(=O)CC[C@H](C(C)C)[C@@H]1[C@H]2CC[C@]3(C[C@]45O[C@H](c6ccccc6)CC(=O)C4=C(O)[C@@]3(C)C(=O)[C@]5(C)O)[C@H]21. The molecule has 2 spiro atoms. The number of carbonyl (C=O) groups excluding carboxylic acids is 3. The summed E-state index contributed by atoms with van der Waals surface area (Å²) in [5, 5.41) is 23.8. The van der Waals surface area contributed by atoms with Crippen molar-refractivity contribution in [2.45, 2.75) is 90.4 Å². The van der Waals surface area contributed by atoms with Crippen LogP contribution in [-0.4, -0.2) is 38.8 Å². The maximum atomic E-state index is 14.3. The number of fused-ring (bicyclic) bond motifs is 2. The normalized spacial score (nSPS) is 44.0. The number of Topliss-reactive ketones (excluding diaryl/α,β-unsaturated/α-hetero) is 3.